The molecule has 2 amide bonds. The van der Waals surface area contributed by atoms with Crippen molar-refractivity contribution < 1.29 is 14.3 Å². The smallest absolute Gasteiger partial charge is 0.243 e. The van der Waals surface area contributed by atoms with Crippen LogP contribution in [0.3, 0.4) is 0 Å². The Balaban J connectivity index is 1.72. The highest BCUT2D eigenvalue weighted by Gasteiger charge is 2.31. The molecular weight excluding hydrogens is 400 g/mol. The quantitative estimate of drug-likeness (QED) is 0.636. The number of amides is 2. The van der Waals surface area contributed by atoms with Crippen molar-refractivity contribution in [3.05, 3.63) is 54.4 Å². The van der Waals surface area contributed by atoms with Gasteiger partial charge in [-0.2, -0.15) is 0 Å². The second-order valence-corrected chi connectivity index (χ2v) is 8.27. The average molecular weight is 425 g/mol. The number of thioether (sulfide) groups is 1. The third-order valence-electron chi connectivity index (χ3n) is 5.15. The number of anilines is 1. The number of H-pyrrole nitrogens is 1. The number of nitrogens with zero attached hydrogens (tertiary/aromatic N) is 3. The van der Waals surface area contributed by atoms with Crippen molar-refractivity contribution in [2.45, 2.75) is 17.1 Å². The van der Waals surface area contributed by atoms with Gasteiger partial charge in [0.2, 0.25) is 11.8 Å². The van der Waals surface area contributed by atoms with Gasteiger partial charge in [-0.1, -0.05) is 24.3 Å². The molecule has 1 aliphatic heterocycles. The molecule has 156 valence electrons. The van der Waals surface area contributed by atoms with E-state index in [0.29, 0.717) is 32.1 Å². The van der Waals surface area contributed by atoms with Crippen molar-refractivity contribution in [3.8, 4) is 0 Å². The fourth-order valence-corrected chi connectivity index (χ4v) is 4.61. The second-order valence-electron chi connectivity index (χ2n) is 7.12. The maximum absolute atomic E-state index is 13.5. The van der Waals surface area contributed by atoms with E-state index in [0.717, 1.165) is 21.6 Å². The molecule has 0 spiro atoms. The summed E-state index contributed by atoms with van der Waals surface area (Å²) in [6.45, 7) is 3.72. The summed E-state index contributed by atoms with van der Waals surface area (Å²) in [5, 5.41) is -0.558. The van der Waals surface area contributed by atoms with Crippen LogP contribution in [0.5, 0.6) is 0 Å². The molecular formula is C22H24N4O3S. The number of morpholine rings is 1. The van der Waals surface area contributed by atoms with Crippen LogP contribution in [-0.4, -0.2) is 60.0 Å². The van der Waals surface area contributed by atoms with Crippen molar-refractivity contribution in [3.63, 3.8) is 0 Å². The normalized spacial score (nSPS) is 15.2. The van der Waals surface area contributed by atoms with Crippen molar-refractivity contribution >= 4 is 40.3 Å². The molecule has 1 unspecified atom stereocenters. The lowest BCUT2D eigenvalue weighted by Crippen LogP contribution is -2.42. The molecule has 4 rings (SSSR count). The predicted molar refractivity (Wildman–Crippen MR) is 118 cm³/mol. The molecule has 1 saturated heterocycles. The van der Waals surface area contributed by atoms with E-state index in [1.807, 2.05) is 53.4 Å². The van der Waals surface area contributed by atoms with Gasteiger partial charge >= 0.3 is 0 Å². The zero-order chi connectivity index (χ0) is 21.1. The number of carbonyl (C=O) groups excluding carboxylic acids is 2. The third kappa shape index (κ3) is 4.20. The number of aromatic amines is 1. The Hall–Kier alpha value is -2.84. The minimum absolute atomic E-state index is 0.0114. The Morgan fingerprint density at radius 2 is 1.83 bits per heavy atom. The lowest BCUT2D eigenvalue weighted by molar-refractivity contribution is -0.134. The highest BCUT2D eigenvalue weighted by Crippen LogP contribution is 2.40. The number of aromatic nitrogens is 2. The van der Waals surface area contributed by atoms with E-state index in [4.69, 9.17) is 9.72 Å². The molecule has 2 heterocycles. The van der Waals surface area contributed by atoms with Gasteiger partial charge in [-0.3, -0.25) is 9.59 Å². The Morgan fingerprint density at radius 1 is 1.13 bits per heavy atom. The molecule has 2 aromatic carbocycles. The maximum Gasteiger partial charge on any atom is 0.243 e. The molecule has 8 heteroatoms. The molecule has 1 atom stereocenters. The van der Waals surface area contributed by atoms with Crippen LogP contribution in [0.1, 0.15) is 18.0 Å². The van der Waals surface area contributed by atoms with Crippen LogP contribution in [-0.2, 0) is 14.3 Å². The first-order chi connectivity index (χ1) is 14.5. The van der Waals surface area contributed by atoms with Gasteiger partial charge in [0.1, 0.15) is 11.1 Å². The van der Waals surface area contributed by atoms with Crippen molar-refractivity contribution in [2.24, 2.45) is 0 Å². The number of hydrogen-bond acceptors (Lipinski definition) is 5. The summed E-state index contributed by atoms with van der Waals surface area (Å²) in [6, 6.07) is 15.4. The number of nitrogens with one attached hydrogen (secondary N) is 1. The number of benzene rings is 2. The monoisotopic (exact) mass is 424 g/mol. The topological polar surface area (TPSA) is 78.5 Å². The number of carbonyl (C=O) groups is 2. The van der Waals surface area contributed by atoms with Gasteiger partial charge in [0.05, 0.1) is 29.9 Å². The maximum atomic E-state index is 13.5. The Labute approximate surface area is 179 Å². The van der Waals surface area contributed by atoms with Crippen molar-refractivity contribution in [2.75, 3.05) is 38.3 Å². The van der Waals surface area contributed by atoms with Gasteiger partial charge in [0.25, 0.3) is 0 Å². The first-order valence-electron chi connectivity index (χ1n) is 9.86. The van der Waals surface area contributed by atoms with E-state index >= 15 is 0 Å². The van der Waals surface area contributed by atoms with Crippen LogP contribution in [0.25, 0.3) is 11.0 Å². The van der Waals surface area contributed by atoms with E-state index in [2.05, 4.69) is 4.98 Å². The number of para-hydroxylation sites is 3. The van der Waals surface area contributed by atoms with E-state index in [-0.39, 0.29) is 11.8 Å². The molecule has 1 aliphatic rings. The van der Waals surface area contributed by atoms with E-state index < -0.39 is 5.25 Å². The van der Waals surface area contributed by atoms with E-state index in [1.165, 1.54) is 18.7 Å². The van der Waals surface area contributed by atoms with E-state index in [1.54, 1.807) is 11.9 Å². The van der Waals surface area contributed by atoms with Gasteiger partial charge in [0.15, 0.2) is 0 Å². The average Bonchev–Trinajstić information content (AvgIpc) is 3.21. The first kappa shape index (κ1) is 20.4. The van der Waals surface area contributed by atoms with E-state index in [9.17, 15) is 9.59 Å². The summed E-state index contributed by atoms with van der Waals surface area (Å²) < 4.78 is 5.41. The molecule has 0 aliphatic carbocycles. The van der Waals surface area contributed by atoms with Crippen LogP contribution in [0.4, 0.5) is 5.69 Å². The summed E-state index contributed by atoms with van der Waals surface area (Å²) in [4.78, 5) is 37.7. The van der Waals surface area contributed by atoms with Gasteiger partial charge in [-0.25, -0.2) is 4.98 Å². The lowest BCUT2D eigenvalue weighted by atomic mass is 10.3. The predicted octanol–water partition coefficient (Wildman–Crippen LogP) is 3.24. The number of fused-ring (bicyclic) bond motifs is 1. The fraction of sp³-hybridized carbons (Fsp3) is 0.318. The number of rotatable bonds is 5. The molecule has 0 bridgehead atoms. The lowest BCUT2D eigenvalue weighted by Gasteiger charge is -2.30. The Morgan fingerprint density at radius 3 is 2.57 bits per heavy atom. The number of hydrogen-bond donors (Lipinski definition) is 1. The third-order valence-corrected chi connectivity index (χ3v) is 6.41. The molecule has 0 radical (unpaired) electrons. The minimum atomic E-state index is -0.558. The van der Waals surface area contributed by atoms with Crippen LogP contribution in [0.2, 0.25) is 0 Å². The highest BCUT2D eigenvalue weighted by molar-refractivity contribution is 8.00. The summed E-state index contributed by atoms with van der Waals surface area (Å²) in [5.41, 5.74) is 2.48. The van der Waals surface area contributed by atoms with Crippen LogP contribution >= 0.6 is 11.8 Å². The Kier molecular flexibility index (Phi) is 6.06. The summed E-state index contributed by atoms with van der Waals surface area (Å²) in [7, 11) is 1.74. The molecule has 1 aromatic heterocycles. The SMILES string of the molecule is CC(=O)N(C)c1ccccc1SC(C(=O)N1CCOCC1)c1nc2ccccc2[nH]1. The molecule has 7 nitrogen and oxygen atoms in total. The van der Waals surface area contributed by atoms with Gasteiger partial charge in [-0.15, -0.1) is 11.8 Å². The number of imidazole rings is 1. The first-order valence-corrected chi connectivity index (χ1v) is 10.7. The summed E-state index contributed by atoms with van der Waals surface area (Å²) in [6.07, 6.45) is 0. The van der Waals surface area contributed by atoms with Gasteiger partial charge in [0, 0.05) is 32.0 Å². The summed E-state index contributed by atoms with van der Waals surface area (Å²) in [5.74, 6) is 0.531. The van der Waals surface area contributed by atoms with Gasteiger partial charge in [-0.05, 0) is 24.3 Å². The molecule has 1 fully saturated rings. The summed E-state index contributed by atoms with van der Waals surface area (Å²) >= 11 is 1.41. The molecule has 1 N–H and O–H groups in total. The highest BCUT2D eigenvalue weighted by atomic mass is 32.2. The molecule has 3 aromatic rings. The zero-order valence-electron chi connectivity index (χ0n) is 17.0. The van der Waals surface area contributed by atoms with Crippen LogP contribution < -0.4 is 4.90 Å². The molecule has 0 saturated carbocycles. The minimum Gasteiger partial charge on any atom is -0.378 e. The zero-order valence-corrected chi connectivity index (χ0v) is 17.8. The molecule has 30 heavy (non-hydrogen) atoms. The fourth-order valence-electron chi connectivity index (χ4n) is 3.40. The second kappa shape index (κ2) is 8.89. The van der Waals surface area contributed by atoms with Gasteiger partial charge < -0.3 is 19.5 Å². The Bertz CT molecular complexity index is 1030. The van der Waals surface area contributed by atoms with Crippen molar-refractivity contribution in [1.82, 2.24) is 14.9 Å². The van der Waals surface area contributed by atoms with Crippen LogP contribution in [0, 0.1) is 0 Å². The van der Waals surface area contributed by atoms with Crippen molar-refractivity contribution in [1.29, 1.82) is 0 Å². The largest absolute Gasteiger partial charge is 0.378 e. The van der Waals surface area contributed by atoms with Crippen LogP contribution in [0.15, 0.2) is 53.4 Å². The standard InChI is InChI=1S/C22H24N4O3S/c1-15(27)25(2)18-9-5-6-10-19(18)30-20(22(28)26-11-13-29-14-12-26)21-23-16-7-3-4-8-17(16)24-21/h3-10,20H,11-14H2,1-2H3,(H,23,24). The number of ether oxygens (including phenoxy) is 1.